The Hall–Kier alpha value is -4.24. The van der Waals surface area contributed by atoms with Crippen molar-refractivity contribution in [3.05, 3.63) is 82.8 Å². The van der Waals surface area contributed by atoms with Crippen molar-refractivity contribution in [3.8, 4) is 0 Å². The average molecular weight is 576 g/mol. The van der Waals surface area contributed by atoms with E-state index in [1.807, 2.05) is 4.72 Å². The van der Waals surface area contributed by atoms with Crippen molar-refractivity contribution in [2.24, 2.45) is 0 Å². The van der Waals surface area contributed by atoms with E-state index in [0.717, 1.165) is 26.7 Å². The standard InChI is InChI=1S/C24H23F2N7O4S2/c1-32(18-2-3-21-19(12-18)27-13-38-21)23(34)20(10-14-8-16(25)11-17(26)9-14)29-24(35)31-39(36,37)33-7-5-15-4-6-28-30-22(15)33/h2-4,6,8-9,11-13,20,28,30H,5,7,10H2,1H3,(H2,29,31,35)/t20-/m0/s1. The summed E-state index contributed by atoms with van der Waals surface area (Å²) in [6, 6.07) is 5.38. The van der Waals surface area contributed by atoms with Gasteiger partial charge in [-0.05, 0) is 54.0 Å². The summed E-state index contributed by atoms with van der Waals surface area (Å²) in [6.07, 6.45) is 3.46. The maximum Gasteiger partial charge on any atom is 0.330 e. The molecule has 5 rings (SSSR count). The number of fused-ring (bicyclic) bond motifs is 1. The number of rotatable bonds is 7. The Morgan fingerprint density at radius 1 is 1.21 bits per heavy atom. The van der Waals surface area contributed by atoms with E-state index in [-0.39, 0.29) is 24.4 Å². The quantitative estimate of drug-likeness (QED) is 0.339. The molecule has 0 radical (unpaired) electrons. The zero-order valence-corrected chi connectivity index (χ0v) is 22.1. The monoisotopic (exact) mass is 575 g/mol. The van der Waals surface area contributed by atoms with E-state index in [4.69, 9.17) is 0 Å². The van der Waals surface area contributed by atoms with Crippen molar-refractivity contribution in [2.45, 2.75) is 18.9 Å². The number of amides is 3. The Bertz CT molecular complexity index is 1600. The molecule has 3 amide bonds. The van der Waals surface area contributed by atoms with E-state index in [1.54, 1.807) is 36.0 Å². The van der Waals surface area contributed by atoms with Crippen LogP contribution in [0.25, 0.3) is 10.2 Å². The van der Waals surface area contributed by atoms with Gasteiger partial charge in [-0.15, -0.1) is 11.3 Å². The summed E-state index contributed by atoms with van der Waals surface area (Å²) in [4.78, 5) is 31.9. The topological polar surface area (TPSA) is 136 Å². The van der Waals surface area contributed by atoms with Gasteiger partial charge in [0.05, 0.1) is 15.7 Å². The minimum atomic E-state index is -4.35. The zero-order valence-electron chi connectivity index (χ0n) is 20.4. The van der Waals surface area contributed by atoms with E-state index >= 15 is 0 Å². The minimum Gasteiger partial charge on any atom is -0.325 e. The van der Waals surface area contributed by atoms with Crippen molar-refractivity contribution in [3.63, 3.8) is 0 Å². The number of nitrogens with one attached hydrogen (secondary N) is 4. The summed E-state index contributed by atoms with van der Waals surface area (Å²) >= 11 is 1.43. The summed E-state index contributed by atoms with van der Waals surface area (Å²) in [5.41, 5.74) is 9.05. The van der Waals surface area contributed by atoms with Crippen molar-refractivity contribution < 1.29 is 26.8 Å². The van der Waals surface area contributed by atoms with Gasteiger partial charge in [0.25, 0.3) is 0 Å². The van der Waals surface area contributed by atoms with Gasteiger partial charge in [-0.3, -0.25) is 10.2 Å². The molecular weight excluding hydrogens is 552 g/mol. The fourth-order valence-electron chi connectivity index (χ4n) is 4.35. The molecule has 0 saturated carbocycles. The second kappa shape index (κ2) is 10.5. The number of hydrogen-bond acceptors (Lipinski definition) is 8. The lowest BCUT2D eigenvalue weighted by Crippen LogP contribution is -2.55. The van der Waals surface area contributed by atoms with Gasteiger partial charge in [-0.2, -0.15) is 8.42 Å². The summed E-state index contributed by atoms with van der Waals surface area (Å²) in [5.74, 6) is -2.08. The van der Waals surface area contributed by atoms with Gasteiger partial charge in [-0.1, -0.05) is 0 Å². The molecular formula is C24H23F2N7O4S2. The second-order valence-corrected chi connectivity index (χ2v) is 11.3. The molecule has 39 heavy (non-hydrogen) atoms. The fraction of sp³-hybridized carbons (Fsp3) is 0.208. The lowest BCUT2D eigenvalue weighted by molar-refractivity contribution is -0.120. The summed E-state index contributed by atoms with van der Waals surface area (Å²) in [5, 5.41) is 2.37. The average Bonchev–Trinajstić information content (AvgIpc) is 3.53. The van der Waals surface area contributed by atoms with E-state index in [1.165, 1.54) is 23.3 Å². The van der Waals surface area contributed by atoms with Crippen molar-refractivity contribution in [1.29, 1.82) is 0 Å². The fourth-order valence-corrected chi connectivity index (χ4v) is 6.15. The third-order valence-corrected chi connectivity index (χ3v) is 8.40. The Morgan fingerprint density at radius 3 is 2.74 bits per heavy atom. The van der Waals surface area contributed by atoms with Crippen molar-refractivity contribution in [1.82, 2.24) is 30.2 Å². The number of aromatic nitrogens is 1. The molecule has 15 heteroatoms. The largest absolute Gasteiger partial charge is 0.330 e. The number of carbonyl (C=O) groups is 2. The number of benzene rings is 2. The van der Waals surface area contributed by atoms with Crippen LogP contribution in [0, 0.1) is 11.6 Å². The molecule has 0 spiro atoms. The van der Waals surface area contributed by atoms with Crippen molar-refractivity contribution in [2.75, 3.05) is 18.5 Å². The number of hydrazine groups is 1. The van der Waals surface area contributed by atoms with Crippen LogP contribution >= 0.6 is 11.3 Å². The van der Waals surface area contributed by atoms with Crippen molar-refractivity contribution >= 4 is 49.4 Å². The van der Waals surface area contributed by atoms with Crippen LogP contribution in [-0.2, 0) is 21.4 Å². The summed E-state index contributed by atoms with van der Waals surface area (Å²) in [6.45, 7) is 0.0963. The third-order valence-electron chi connectivity index (χ3n) is 6.21. The van der Waals surface area contributed by atoms with Crippen LogP contribution in [0.3, 0.4) is 0 Å². The van der Waals surface area contributed by atoms with Gasteiger partial charge >= 0.3 is 16.2 Å². The third kappa shape index (κ3) is 5.63. The lowest BCUT2D eigenvalue weighted by Gasteiger charge is -2.27. The smallest absolute Gasteiger partial charge is 0.325 e. The van der Waals surface area contributed by atoms with Gasteiger partial charge in [0.15, 0.2) is 0 Å². The van der Waals surface area contributed by atoms with Crippen LogP contribution in [0.5, 0.6) is 0 Å². The van der Waals surface area contributed by atoms with Crippen LogP contribution < -0.4 is 25.8 Å². The Kier molecular flexibility index (Phi) is 7.10. The molecule has 0 bridgehead atoms. The number of hydrogen-bond donors (Lipinski definition) is 4. The Balaban J connectivity index is 1.37. The first-order chi connectivity index (χ1) is 18.6. The van der Waals surface area contributed by atoms with Crippen LogP contribution in [-0.4, -0.2) is 49.3 Å². The lowest BCUT2D eigenvalue weighted by atomic mass is 10.0. The Labute approximate surface area is 226 Å². The molecule has 2 aliphatic heterocycles. The van der Waals surface area contributed by atoms with Crippen LogP contribution in [0.1, 0.15) is 12.0 Å². The molecule has 0 aliphatic carbocycles. The SMILES string of the molecule is CN(C(=O)[C@H](Cc1cc(F)cc(F)c1)NC(=O)NS(=O)(=O)N1CCC2=C1NNC=C2)c1ccc2scnc2c1. The number of urea groups is 1. The highest BCUT2D eigenvalue weighted by atomic mass is 32.2. The molecule has 0 saturated heterocycles. The molecule has 3 heterocycles. The van der Waals surface area contributed by atoms with Crippen LogP contribution in [0.4, 0.5) is 19.3 Å². The molecule has 1 atom stereocenters. The van der Waals surface area contributed by atoms with Gasteiger partial charge in [-0.25, -0.2) is 27.6 Å². The number of halogens is 2. The first kappa shape index (κ1) is 26.4. The first-order valence-electron chi connectivity index (χ1n) is 11.7. The minimum absolute atomic E-state index is 0.0935. The molecule has 0 fully saturated rings. The molecule has 0 unspecified atom stereocenters. The number of carbonyl (C=O) groups excluding carboxylic acids is 2. The number of nitrogens with zero attached hydrogens (tertiary/aromatic N) is 3. The number of likely N-dealkylation sites (N-methyl/N-ethyl adjacent to an activating group) is 1. The van der Waals surface area contributed by atoms with Gasteiger partial charge in [0.1, 0.15) is 23.5 Å². The predicted molar refractivity (Wildman–Crippen MR) is 141 cm³/mol. The molecule has 11 nitrogen and oxygen atoms in total. The second-order valence-electron chi connectivity index (χ2n) is 8.82. The van der Waals surface area contributed by atoms with Gasteiger partial charge < -0.3 is 15.6 Å². The first-order valence-corrected chi connectivity index (χ1v) is 14.0. The highest BCUT2D eigenvalue weighted by Crippen LogP contribution is 2.26. The van der Waals surface area contributed by atoms with E-state index in [0.29, 0.717) is 23.7 Å². The predicted octanol–water partition coefficient (Wildman–Crippen LogP) is 2.23. The molecule has 1 aromatic heterocycles. The maximum atomic E-state index is 13.9. The molecule has 4 N–H and O–H groups in total. The number of thiazole rings is 1. The summed E-state index contributed by atoms with van der Waals surface area (Å²) in [7, 11) is -2.88. The zero-order chi connectivity index (χ0) is 27.7. The molecule has 2 aliphatic rings. The number of allylic oxidation sites excluding steroid dienone is 1. The van der Waals surface area contributed by atoms with E-state index in [9.17, 15) is 26.8 Å². The molecule has 204 valence electrons. The van der Waals surface area contributed by atoms with Gasteiger partial charge in [0.2, 0.25) is 5.91 Å². The van der Waals surface area contributed by atoms with Gasteiger partial charge in [0, 0.05) is 38.0 Å². The van der Waals surface area contributed by atoms with Crippen LogP contribution in [0.2, 0.25) is 0 Å². The molecule has 2 aromatic carbocycles. The summed E-state index contributed by atoms with van der Waals surface area (Å²) < 4.78 is 57.5. The maximum absolute atomic E-state index is 13.9. The Morgan fingerprint density at radius 2 is 1.97 bits per heavy atom. The van der Waals surface area contributed by atoms with E-state index in [2.05, 4.69) is 21.2 Å². The molecule has 3 aromatic rings. The van der Waals surface area contributed by atoms with E-state index < -0.39 is 39.8 Å². The highest BCUT2D eigenvalue weighted by molar-refractivity contribution is 7.87. The van der Waals surface area contributed by atoms with Crippen LogP contribution in [0.15, 0.2) is 65.6 Å². The highest BCUT2D eigenvalue weighted by Gasteiger charge is 2.34. The normalized spacial score (nSPS) is 15.4. The number of anilines is 1.